The molecular formula is C108H168N24. The summed E-state index contributed by atoms with van der Waals surface area (Å²) in [6.45, 7) is 73.5. The molecule has 6 aliphatic rings. The number of anilines is 18. The van der Waals surface area contributed by atoms with E-state index in [2.05, 4.69) is 307 Å². The summed E-state index contributed by atoms with van der Waals surface area (Å²) in [5, 5.41) is 0. The van der Waals surface area contributed by atoms with Crippen LogP contribution in [0.1, 0.15) is 241 Å². The Labute approximate surface area is 799 Å². The molecule has 0 fully saturated rings. The van der Waals surface area contributed by atoms with E-state index in [1.807, 2.05) is 305 Å². The minimum absolute atomic E-state index is 0.198. The fourth-order valence-corrected chi connectivity index (χ4v) is 14.7. The second kappa shape index (κ2) is 62.6. The molecular weight excluding hydrogens is 1630 g/mol. The molecule has 0 N–H and O–H groups in total. The minimum Gasteiger partial charge on any atom is -0.352 e. The van der Waals surface area contributed by atoms with Gasteiger partial charge >= 0.3 is 0 Å². The normalized spacial score (nSPS) is 15.3. The van der Waals surface area contributed by atoms with Crippen LogP contribution >= 0.6 is 0 Å². The Morgan fingerprint density at radius 2 is 0.455 bits per heavy atom. The molecule has 6 unspecified atom stereocenters. The maximum Gasteiger partial charge on any atom is 0.156 e. The minimum atomic E-state index is 0.198. The van der Waals surface area contributed by atoms with Gasteiger partial charge in [0.1, 0.15) is 49.1 Å². The number of rotatable bonds is 6. The first-order valence-electron chi connectivity index (χ1n) is 48.5. The lowest BCUT2D eigenvalue weighted by Crippen LogP contribution is -2.36. The summed E-state index contributed by atoms with van der Waals surface area (Å²) in [7, 11) is 12.5. The zero-order valence-corrected chi connectivity index (χ0v) is 89.0. The van der Waals surface area contributed by atoms with Crippen LogP contribution in [0.3, 0.4) is 0 Å². The molecule has 0 aliphatic carbocycles. The predicted octanol–water partition coefficient (Wildman–Crippen LogP) is 28.6. The summed E-state index contributed by atoms with van der Waals surface area (Å²) in [5.41, 5.74) is 19.6. The summed E-state index contributed by atoms with van der Waals surface area (Å²) in [6.07, 6.45) is 26.9. The molecule has 132 heavy (non-hydrogen) atoms. The third kappa shape index (κ3) is 27.8. The number of nitrogens with zero attached hydrogens (tertiary/aromatic N) is 24. The first kappa shape index (κ1) is 117. The SMILES string of the molecule is CC.CC.CC.CC.CC.CC.CC.CC.CC.CC.CC.CC.Cc1ccccc1N1c2cccnc2N(C)C1C.Cc1ccncc1N1c2cccnc2N(C)C1C.Cc1cnccc1N1c2cccnc2N(C)C1C.Cc1cncnc1N1c2cccnc2N(C)C1C.Cc1ncccc1N1c2cccnc2N(C)C1C.Cc1nccnc1N1c2ccccc2N(C)C1C. The van der Waals surface area contributed by atoms with E-state index in [9.17, 15) is 0 Å². The van der Waals surface area contributed by atoms with Crippen molar-refractivity contribution in [3.05, 3.63) is 254 Å². The topological polar surface area (TPSA) is 194 Å². The number of hydrogen-bond acceptors (Lipinski definition) is 24. The molecule has 720 valence electrons. The van der Waals surface area contributed by atoms with Gasteiger partial charge in [-0.15, -0.1) is 0 Å². The van der Waals surface area contributed by atoms with Gasteiger partial charge in [-0.05, 0) is 203 Å². The number of benzene rings is 2. The largest absolute Gasteiger partial charge is 0.352 e. The third-order valence-electron chi connectivity index (χ3n) is 21.2. The highest BCUT2D eigenvalue weighted by atomic mass is 15.5. The average Bonchev–Trinajstić information content (AvgIpc) is 1.66. The highest BCUT2D eigenvalue weighted by Crippen LogP contribution is 2.48. The van der Waals surface area contributed by atoms with Crippen molar-refractivity contribution in [1.29, 1.82) is 0 Å². The lowest BCUT2D eigenvalue weighted by molar-refractivity contribution is 0.719. The fraction of sp³-hybridized carbons (Fsp3) is 0.444. The van der Waals surface area contributed by atoms with Gasteiger partial charge in [0.25, 0.3) is 0 Å². The van der Waals surface area contributed by atoms with Gasteiger partial charge in [0.15, 0.2) is 34.9 Å². The van der Waals surface area contributed by atoms with Gasteiger partial charge in [0.05, 0.1) is 68.8 Å². The van der Waals surface area contributed by atoms with Crippen molar-refractivity contribution in [3.8, 4) is 0 Å². The Bertz CT molecular complexity index is 4310. The second-order valence-electron chi connectivity index (χ2n) is 27.6. The molecule has 24 nitrogen and oxygen atoms in total. The summed E-state index contributed by atoms with van der Waals surface area (Å²) in [4.78, 5) is 79.2. The van der Waals surface area contributed by atoms with Crippen LogP contribution in [0, 0.1) is 41.5 Å². The quantitative estimate of drug-likeness (QED) is 0.152. The van der Waals surface area contributed by atoms with Gasteiger partial charge in [0.2, 0.25) is 0 Å². The van der Waals surface area contributed by atoms with Crippen LogP contribution in [0.5, 0.6) is 0 Å². The van der Waals surface area contributed by atoms with Gasteiger partial charge in [-0.2, -0.15) is 0 Å². The van der Waals surface area contributed by atoms with Crippen LogP contribution in [0.25, 0.3) is 0 Å². The molecule has 0 bridgehead atoms. The van der Waals surface area contributed by atoms with E-state index in [0.29, 0.717) is 0 Å². The molecule has 6 atom stereocenters. The fourth-order valence-electron chi connectivity index (χ4n) is 14.7. The smallest absolute Gasteiger partial charge is 0.156 e. The van der Waals surface area contributed by atoms with E-state index in [-0.39, 0.29) is 37.0 Å². The van der Waals surface area contributed by atoms with Crippen LogP contribution in [0.15, 0.2) is 220 Å². The first-order valence-corrected chi connectivity index (χ1v) is 48.5. The Morgan fingerprint density at radius 1 is 0.182 bits per heavy atom. The molecule has 16 heterocycles. The van der Waals surface area contributed by atoms with Crippen molar-refractivity contribution in [2.75, 3.05) is 101 Å². The summed E-state index contributed by atoms with van der Waals surface area (Å²) in [5.74, 6) is 6.98. The van der Waals surface area contributed by atoms with Crippen molar-refractivity contribution >= 4 is 103 Å². The standard InChI is InChI=1S/C15H17N3.4C14H16N4.C13H15N5.12C2H6/c1-11-7-4-5-8-13(11)18-12(2)17(3)15-14(18)9-6-10-16-15;1-10-12(6-4-8-15-10)18-11(2)17(3)14-13(18)7-5-9-16-14;1-10-9-15-8-6-12(10)18-11(2)17(3)14-13(18)5-4-7-16-14;1-10-6-8-15-9-13(10)18-11(2)17(3)14-12(18)5-4-7-16-14;1-10-14(16-9-8-15-10)18-11(2)17(3)12-6-4-5-7-13(12)18;1-9-7-14-8-16-12(9)18-10(2)17(3)13-11(18)5-4-6-15-13;12*1-2/h4-10,12H,1-3H3;4*4-9,11H,1-3H3;4-8,10H,1-3H3;12*1-2H3. The Kier molecular flexibility index (Phi) is 55.7. The monoisotopic (exact) mass is 1800 g/mol. The molecule has 24 heteroatoms. The Balaban J connectivity index is 0.000000756. The lowest BCUT2D eigenvalue weighted by atomic mass is 10.1. The molecule has 10 aromatic heterocycles. The molecule has 2 aromatic carbocycles. The number of fused-ring (bicyclic) bond motifs is 6. The highest BCUT2D eigenvalue weighted by molar-refractivity contribution is 5.87. The number of aromatic nitrogens is 12. The summed E-state index contributed by atoms with van der Waals surface area (Å²) < 4.78 is 0. The van der Waals surface area contributed by atoms with Crippen molar-refractivity contribution < 1.29 is 0 Å². The van der Waals surface area contributed by atoms with E-state index in [4.69, 9.17) is 0 Å². The maximum absolute atomic E-state index is 4.48. The Hall–Kier alpha value is -12.6. The van der Waals surface area contributed by atoms with Crippen LogP contribution in [-0.2, 0) is 0 Å². The number of aryl methyl sites for hydroxylation is 6. The van der Waals surface area contributed by atoms with E-state index in [1.54, 1.807) is 18.7 Å². The van der Waals surface area contributed by atoms with Gasteiger partial charge in [-0.25, -0.2) is 39.9 Å². The third-order valence-corrected chi connectivity index (χ3v) is 21.2. The molecule has 0 amide bonds. The number of para-hydroxylation sites is 3. The average molecular weight is 1800 g/mol. The predicted molar refractivity (Wildman–Crippen MR) is 575 cm³/mol. The van der Waals surface area contributed by atoms with Gasteiger partial charge < -0.3 is 58.8 Å². The maximum atomic E-state index is 4.48. The van der Waals surface area contributed by atoms with Crippen LogP contribution in [-0.4, -0.2) is 139 Å². The molecule has 0 spiro atoms. The highest BCUT2D eigenvalue weighted by Gasteiger charge is 2.39. The zero-order chi connectivity index (χ0) is 100. The van der Waals surface area contributed by atoms with Crippen molar-refractivity contribution in [2.45, 2.75) is 286 Å². The lowest BCUT2D eigenvalue weighted by Gasteiger charge is -2.28. The van der Waals surface area contributed by atoms with E-state index in [1.165, 1.54) is 45.1 Å². The second-order valence-corrected chi connectivity index (χ2v) is 27.6. The van der Waals surface area contributed by atoms with Gasteiger partial charge in [0, 0.05) is 134 Å². The van der Waals surface area contributed by atoms with Gasteiger partial charge in [-0.1, -0.05) is 197 Å². The summed E-state index contributed by atoms with van der Waals surface area (Å²) in [6, 6.07) is 45.5. The molecule has 0 saturated carbocycles. The van der Waals surface area contributed by atoms with Gasteiger partial charge in [-0.3, -0.25) is 19.9 Å². The zero-order valence-electron chi connectivity index (χ0n) is 89.0. The molecule has 18 rings (SSSR count). The summed E-state index contributed by atoms with van der Waals surface area (Å²) >= 11 is 0. The van der Waals surface area contributed by atoms with Crippen molar-refractivity contribution in [1.82, 2.24) is 59.8 Å². The molecule has 0 radical (unpaired) electrons. The van der Waals surface area contributed by atoms with E-state index < -0.39 is 0 Å². The van der Waals surface area contributed by atoms with Crippen molar-refractivity contribution in [3.63, 3.8) is 0 Å². The molecule has 12 aromatic rings. The first-order chi connectivity index (χ1) is 64.2. The molecule has 6 aliphatic heterocycles. The Morgan fingerprint density at radius 3 is 0.833 bits per heavy atom. The van der Waals surface area contributed by atoms with Crippen molar-refractivity contribution in [2.24, 2.45) is 0 Å². The van der Waals surface area contributed by atoms with E-state index in [0.717, 1.165) is 91.8 Å². The molecule has 0 saturated heterocycles. The number of pyridine rings is 8. The van der Waals surface area contributed by atoms with Crippen LogP contribution in [0.4, 0.5) is 103 Å². The number of hydrogen-bond donors (Lipinski definition) is 0. The van der Waals surface area contributed by atoms with E-state index >= 15 is 0 Å². The van der Waals surface area contributed by atoms with Crippen LogP contribution < -0.4 is 58.8 Å². The van der Waals surface area contributed by atoms with Crippen LogP contribution in [0.2, 0.25) is 0 Å².